The summed E-state index contributed by atoms with van der Waals surface area (Å²) < 4.78 is 22.2. The van der Waals surface area contributed by atoms with Crippen molar-refractivity contribution in [2.24, 2.45) is 5.92 Å². The van der Waals surface area contributed by atoms with Crippen molar-refractivity contribution in [1.29, 1.82) is 0 Å². The van der Waals surface area contributed by atoms with Crippen LogP contribution in [0.2, 0.25) is 0 Å². The normalized spacial score (nSPS) is 26.5. The van der Waals surface area contributed by atoms with Crippen LogP contribution in [-0.4, -0.2) is 70.6 Å². The van der Waals surface area contributed by atoms with Crippen molar-refractivity contribution in [2.75, 3.05) is 24.3 Å². The number of thiazole rings is 1. The van der Waals surface area contributed by atoms with Crippen LogP contribution in [0.25, 0.3) is 11.3 Å². The number of nitrogen functional groups attached to an aromatic ring is 1. The Hall–Kier alpha value is -3.72. The number of nitrogens with two attached hydrogens (primary N) is 1. The summed E-state index contributed by atoms with van der Waals surface area (Å²) in [6.45, 7) is 3.36. The van der Waals surface area contributed by atoms with Gasteiger partial charge in [-0.1, -0.05) is 0 Å². The van der Waals surface area contributed by atoms with Crippen LogP contribution in [0, 0.1) is 5.92 Å². The number of aromatic nitrogens is 3. The highest BCUT2D eigenvalue weighted by atomic mass is 32.1. The molecule has 1 saturated carbocycles. The summed E-state index contributed by atoms with van der Waals surface area (Å²) in [5.74, 6) is -2.46. The zero-order chi connectivity index (χ0) is 25.7. The van der Waals surface area contributed by atoms with Gasteiger partial charge in [-0.15, -0.1) is 11.3 Å². The molecule has 0 aromatic carbocycles. The number of nitrogens with zero attached hydrogens (tertiary/aromatic N) is 2. The van der Waals surface area contributed by atoms with Gasteiger partial charge in [-0.25, -0.2) is 9.78 Å². The number of carbonyl (C=O) groups is 3. The highest BCUT2D eigenvalue weighted by Gasteiger charge is 2.80. The molecular formula is C20H23N5O9S. The molecule has 5 atom stereocenters. The Kier molecular flexibility index (Phi) is 6.14. The minimum atomic E-state index is -1.29. The maximum absolute atomic E-state index is 12.7. The topological polar surface area (TPSA) is 196 Å². The quantitative estimate of drug-likeness (QED) is 0.316. The fraction of sp³-hybridized carbons (Fsp3) is 0.500. The van der Waals surface area contributed by atoms with Gasteiger partial charge in [0.1, 0.15) is 24.1 Å². The van der Waals surface area contributed by atoms with E-state index in [1.165, 1.54) is 32.7 Å². The average Bonchev–Trinajstić information content (AvgIpc) is 3.01. The van der Waals surface area contributed by atoms with Crippen molar-refractivity contribution >= 4 is 40.2 Å². The molecule has 2 fully saturated rings. The molecule has 4 rings (SSSR count). The van der Waals surface area contributed by atoms with Gasteiger partial charge in [0, 0.05) is 33.2 Å². The number of rotatable bonds is 7. The number of aromatic amines is 2. The molecule has 2 aromatic rings. The summed E-state index contributed by atoms with van der Waals surface area (Å²) in [7, 11) is 1.51. The minimum absolute atomic E-state index is 0.0105. The standard InChI is InChI=1S/C20H23N5O9S/c1-7(26)31-6-20-12(14(20)33-9(3)28)13(32-8(2)27)17(34-20)25(4)15-11(10-5-35-18(21)22-10)16(29)24-19(30)23-15/h5,12-14,17H,6H2,1-4H3,(H2,21,22)(H2,23,24,29,30). The third-order valence-corrected chi connectivity index (χ3v) is 6.44. The van der Waals surface area contributed by atoms with E-state index in [1.54, 1.807) is 5.38 Å². The van der Waals surface area contributed by atoms with Crippen molar-refractivity contribution in [3.05, 3.63) is 26.2 Å². The van der Waals surface area contributed by atoms with E-state index >= 15 is 0 Å². The van der Waals surface area contributed by atoms with E-state index in [-0.39, 0.29) is 28.8 Å². The molecule has 3 heterocycles. The fourth-order valence-electron chi connectivity index (χ4n) is 4.38. The molecular weight excluding hydrogens is 486 g/mol. The smallest absolute Gasteiger partial charge is 0.327 e. The monoisotopic (exact) mass is 509 g/mol. The molecule has 1 aliphatic heterocycles. The summed E-state index contributed by atoms with van der Waals surface area (Å²) in [6.07, 6.45) is -2.91. The van der Waals surface area contributed by atoms with Crippen LogP contribution in [0.15, 0.2) is 15.0 Å². The van der Waals surface area contributed by atoms with Crippen LogP contribution < -0.4 is 21.9 Å². The molecule has 0 radical (unpaired) electrons. The number of nitrogens with one attached hydrogen (secondary N) is 2. The average molecular weight is 509 g/mol. The molecule has 1 aliphatic carbocycles. The second kappa shape index (κ2) is 8.81. The summed E-state index contributed by atoms with van der Waals surface area (Å²) >= 11 is 1.10. The van der Waals surface area contributed by atoms with E-state index in [0.29, 0.717) is 0 Å². The van der Waals surface area contributed by atoms with Gasteiger partial charge in [0.15, 0.2) is 23.1 Å². The van der Waals surface area contributed by atoms with E-state index in [0.717, 1.165) is 11.3 Å². The lowest BCUT2D eigenvalue weighted by atomic mass is 10.1. The highest BCUT2D eigenvalue weighted by molar-refractivity contribution is 7.13. The number of likely N-dealkylation sites (N-methyl/N-ethyl adjacent to an activating group) is 1. The summed E-state index contributed by atoms with van der Waals surface area (Å²) in [5, 5.41) is 1.75. The van der Waals surface area contributed by atoms with E-state index in [1.807, 2.05) is 0 Å². The van der Waals surface area contributed by atoms with Crippen LogP contribution in [0.5, 0.6) is 0 Å². The second-order valence-corrected chi connectivity index (χ2v) is 9.08. The Morgan fingerprint density at radius 1 is 1.17 bits per heavy atom. The Morgan fingerprint density at radius 2 is 1.86 bits per heavy atom. The molecule has 0 bridgehead atoms. The van der Waals surface area contributed by atoms with Gasteiger partial charge in [-0.05, 0) is 0 Å². The summed E-state index contributed by atoms with van der Waals surface area (Å²) in [5.41, 5.74) is 3.15. The molecule has 2 aromatic heterocycles. The van der Waals surface area contributed by atoms with E-state index in [9.17, 15) is 24.0 Å². The Balaban J connectivity index is 1.76. The van der Waals surface area contributed by atoms with E-state index in [2.05, 4.69) is 15.0 Å². The fourth-order valence-corrected chi connectivity index (χ4v) is 4.94. The van der Waals surface area contributed by atoms with Crippen LogP contribution in [0.1, 0.15) is 20.8 Å². The van der Waals surface area contributed by atoms with Gasteiger partial charge < -0.3 is 29.6 Å². The summed E-state index contributed by atoms with van der Waals surface area (Å²) in [4.78, 5) is 70.2. The Labute approximate surface area is 201 Å². The number of hydrogen-bond donors (Lipinski definition) is 3. The van der Waals surface area contributed by atoms with E-state index in [4.69, 9.17) is 24.7 Å². The number of H-pyrrole nitrogens is 2. The number of anilines is 2. The zero-order valence-corrected chi connectivity index (χ0v) is 20.0. The van der Waals surface area contributed by atoms with Gasteiger partial charge >= 0.3 is 23.6 Å². The Bertz CT molecular complexity index is 1300. The zero-order valence-electron chi connectivity index (χ0n) is 19.1. The van der Waals surface area contributed by atoms with Crippen molar-refractivity contribution in [3.8, 4) is 11.3 Å². The lowest BCUT2D eigenvalue weighted by Gasteiger charge is -2.33. The van der Waals surface area contributed by atoms with Gasteiger partial charge in [-0.3, -0.25) is 29.1 Å². The third kappa shape index (κ3) is 4.39. The Morgan fingerprint density at radius 3 is 2.43 bits per heavy atom. The molecule has 0 amide bonds. The summed E-state index contributed by atoms with van der Waals surface area (Å²) in [6, 6.07) is 0. The van der Waals surface area contributed by atoms with Crippen molar-refractivity contribution in [1.82, 2.24) is 15.0 Å². The van der Waals surface area contributed by atoms with Crippen molar-refractivity contribution in [3.63, 3.8) is 0 Å². The molecule has 35 heavy (non-hydrogen) atoms. The molecule has 2 aliphatic rings. The number of fused-ring (bicyclic) bond motifs is 1. The van der Waals surface area contributed by atoms with Crippen LogP contribution in [0.3, 0.4) is 0 Å². The van der Waals surface area contributed by atoms with Crippen molar-refractivity contribution < 1.29 is 33.3 Å². The minimum Gasteiger partial charge on any atom is -0.463 e. The lowest BCUT2D eigenvalue weighted by molar-refractivity contribution is -0.164. The first-order chi connectivity index (χ1) is 16.4. The third-order valence-electron chi connectivity index (χ3n) is 5.77. The first-order valence-electron chi connectivity index (χ1n) is 10.4. The lowest BCUT2D eigenvalue weighted by Crippen LogP contribution is -2.48. The molecule has 15 heteroatoms. The molecule has 14 nitrogen and oxygen atoms in total. The van der Waals surface area contributed by atoms with Crippen LogP contribution in [0.4, 0.5) is 10.9 Å². The van der Waals surface area contributed by atoms with E-state index < -0.39 is 59.1 Å². The second-order valence-electron chi connectivity index (χ2n) is 8.19. The molecule has 1 saturated heterocycles. The SMILES string of the molecule is CC(=O)OCC12OC(N(C)c3[nH]c(=O)[nH]c(=O)c3-c3csc(N)n3)C(OC(C)=O)C1C2OC(C)=O. The van der Waals surface area contributed by atoms with Gasteiger partial charge in [-0.2, -0.15) is 0 Å². The number of esters is 3. The maximum atomic E-state index is 12.7. The van der Waals surface area contributed by atoms with Crippen LogP contribution >= 0.6 is 11.3 Å². The van der Waals surface area contributed by atoms with Gasteiger partial charge in [0.05, 0.1) is 11.6 Å². The number of hydrogen-bond acceptors (Lipinski definition) is 13. The first kappa shape index (κ1) is 24.4. The molecule has 5 unspecified atom stereocenters. The van der Waals surface area contributed by atoms with Gasteiger partial charge in [0.2, 0.25) is 0 Å². The highest BCUT2D eigenvalue weighted by Crippen LogP contribution is 2.60. The van der Waals surface area contributed by atoms with Gasteiger partial charge in [0.25, 0.3) is 5.56 Å². The number of carbonyl (C=O) groups excluding carboxylic acids is 3. The van der Waals surface area contributed by atoms with Crippen LogP contribution in [-0.2, 0) is 33.3 Å². The number of ether oxygens (including phenoxy) is 4. The maximum Gasteiger partial charge on any atom is 0.327 e. The molecule has 4 N–H and O–H groups in total. The first-order valence-corrected chi connectivity index (χ1v) is 11.3. The molecule has 188 valence electrons. The predicted octanol–water partition coefficient (Wildman–Crippen LogP) is -0.643. The molecule has 0 spiro atoms. The largest absolute Gasteiger partial charge is 0.463 e. The predicted molar refractivity (Wildman–Crippen MR) is 120 cm³/mol. The van der Waals surface area contributed by atoms with Crippen molar-refractivity contribution in [2.45, 2.75) is 44.8 Å².